The van der Waals surface area contributed by atoms with E-state index in [9.17, 15) is 0 Å². The maximum atomic E-state index is 5.79. The molecule has 0 bridgehead atoms. The first-order chi connectivity index (χ1) is 9.76. The van der Waals surface area contributed by atoms with Gasteiger partial charge in [-0.15, -0.1) is 0 Å². The molecule has 3 rings (SSSR count). The Balaban J connectivity index is 1.79. The van der Waals surface area contributed by atoms with Crippen molar-refractivity contribution in [1.29, 1.82) is 0 Å². The molecule has 2 aromatic rings. The smallest absolute Gasteiger partial charge is 0.119 e. The lowest BCUT2D eigenvalue weighted by molar-refractivity contribution is 0.303. The van der Waals surface area contributed by atoms with Crippen LogP contribution in [0.15, 0.2) is 36.8 Å². The summed E-state index contributed by atoms with van der Waals surface area (Å²) in [5, 5.41) is 3.48. The number of hydrogen-bond donors (Lipinski definition) is 1. The first-order valence-corrected chi connectivity index (χ1v) is 7.24. The third-order valence-corrected chi connectivity index (χ3v) is 3.47. The number of hydrogen-bond acceptors (Lipinski definition) is 3. The second-order valence-electron chi connectivity index (χ2n) is 5.34. The molecule has 1 aromatic carbocycles. The van der Waals surface area contributed by atoms with Crippen LogP contribution in [0, 0.1) is 0 Å². The fraction of sp³-hybridized carbons (Fsp3) is 0.438. The first-order valence-electron chi connectivity index (χ1n) is 7.24. The quantitative estimate of drug-likeness (QED) is 0.878. The van der Waals surface area contributed by atoms with Crippen LogP contribution in [0.2, 0.25) is 0 Å². The molecule has 106 valence electrons. The molecule has 1 N–H and O–H groups in total. The maximum absolute atomic E-state index is 5.79. The Morgan fingerprint density at radius 3 is 2.65 bits per heavy atom. The van der Waals surface area contributed by atoms with E-state index in [2.05, 4.69) is 47.7 Å². The summed E-state index contributed by atoms with van der Waals surface area (Å²) in [5.41, 5.74) is 2.26. The molecular weight excluding hydrogens is 250 g/mol. The Bertz CT molecular complexity index is 557. The second-order valence-corrected chi connectivity index (χ2v) is 5.34. The molecule has 1 atom stereocenters. The van der Waals surface area contributed by atoms with Gasteiger partial charge in [-0.05, 0) is 37.1 Å². The molecule has 4 heteroatoms. The van der Waals surface area contributed by atoms with Crippen LogP contribution in [0.25, 0.3) is 0 Å². The van der Waals surface area contributed by atoms with Crippen LogP contribution in [0.5, 0.6) is 5.75 Å². The van der Waals surface area contributed by atoms with E-state index in [1.165, 1.54) is 18.4 Å². The van der Waals surface area contributed by atoms with Gasteiger partial charge in [-0.1, -0.05) is 19.1 Å². The summed E-state index contributed by atoms with van der Waals surface area (Å²) in [4.78, 5) is 4.46. The van der Waals surface area contributed by atoms with Crippen molar-refractivity contribution >= 4 is 0 Å². The highest BCUT2D eigenvalue weighted by Gasteiger charge is 2.23. The zero-order chi connectivity index (χ0) is 13.9. The van der Waals surface area contributed by atoms with Crippen molar-refractivity contribution in [3.8, 4) is 5.75 Å². The highest BCUT2D eigenvalue weighted by atomic mass is 16.5. The van der Waals surface area contributed by atoms with Gasteiger partial charge in [0.25, 0.3) is 0 Å². The Morgan fingerprint density at radius 1 is 1.35 bits per heavy atom. The topological polar surface area (TPSA) is 39.1 Å². The van der Waals surface area contributed by atoms with Crippen molar-refractivity contribution in [2.45, 2.75) is 31.9 Å². The number of rotatable bonds is 6. The lowest BCUT2D eigenvalue weighted by Crippen LogP contribution is -2.22. The summed E-state index contributed by atoms with van der Waals surface area (Å²) in [6.45, 7) is 3.02. The average molecular weight is 271 g/mol. The fourth-order valence-corrected chi connectivity index (χ4v) is 2.30. The molecule has 1 saturated carbocycles. The zero-order valence-corrected chi connectivity index (χ0v) is 12.0. The lowest BCUT2D eigenvalue weighted by Gasteiger charge is -2.16. The van der Waals surface area contributed by atoms with E-state index >= 15 is 0 Å². The number of benzene rings is 1. The maximum Gasteiger partial charge on any atom is 0.119 e. The number of imidazole rings is 1. The molecule has 0 saturated heterocycles. The second kappa shape index (κ2) is 5.67. The standard InChI is InChI=1S/C16H21N3O/c1-3-17-16(15-10-19(2)11-18-15)12-4-6-13(7-5-12)20-14-8-9-14/h4-7,10-11,14,16-17H,3,8-9H2,1-2H3. The minimum atomic E-state index is 0.135. The number of aromatic nitrogens is 2. The van der Waals surface area contributed by atoms with Gasteiger partial charge in [-0.3, -0.25) is 0 Å². The van der Waals surface area contributed by atoms with Gasteiger partial charge in [0.1, 0.15) is 5.75 Å². The molecule has 1 unspecified atom stereocenters. The van der Waals surface area contributed by atoms with Crippen molar-refractivity contribution in [3.05, 3.63) is 48.0 Å². The predicted molar refractivity (Wildman–Crippen MR) is 78.8 cm³/mol. The van der Waals surface area contributed by atoms with E-state index in [0.717, 1.165) is 18.0 Å². The molecule has 1 aliphatic rings. The minimum Gasteiger partial charge on any atom is -0.490 e. The van der Waals surface area contributed by atoms with Crippen molar-refractivity contribution < 1.29 is 4.74 Å². The minimum absolute atomic E-state index is 0.135. The van der Waals surface area contributed by atoms with Crippen molar-refractivity contribution in [1.82, 2.24) is 14.9 Å². The molecule has 0 amide bonds. The molecule has 0 aliphatic heterocycles. The number of ether oxygens (including phenoxy) is 1. The van der Waals surface area contributed by atoms with E-state index in [0.29, 0.717) is 6.10 Å². The van der Waals surface area contributed by atoms with Crippen LogP contribution in [0.1, 0.15) is 37.1 Å². The Kier molecular flexibility index (Phi) is 3.74. The molecule has 0 spiro atoms. The molecule has 0 radical (unpaired) electrons. The van der Waals surface area contributed by atoms with Gasteiger partial charge >= 0.3 is 0 Å². The van der Waals surface area contributed by atoms with Gasteiger partial charge in [0.15, 0.2) is 0 Å². The zero-order valence-electron chi connectivity index (χ0n) is 12.0. The molecule has 1 heterocycles. The molecular formula is C16H21N3O. The van der Waals surface area contributed by atoms with E-state index in [4.69, 9.17) is 4.74 Å². The van der Waals surface area contributed by atoms with E-state index in [1.807, 2.05) is 17.9 Å². The SMILES string of the molecule is CCNC(c1ccc(OC2CC2)cc1)c1cn(C)cn1. The third kappa shape index (κ3) is 3.02. The summed E-state index contributed by atoms with van der Waals surface area (Å²) >= 11 is 0. The van der Waals surface area contributed by atoms with Crippen molar-refractivity contribution in [2.75, 3.05) is 6.54 Å². The normalized spacial score (nSPS) is 16.1. The van der Waals surface area contributed by atoms with Crippen LogP contribution in [-0.2, 0) is 7.05 Å². The van der Waals surface area contributed by atoms with Crippen molar-refractivity contribution in [3.63, 3.8) is 0 Å². The van der Waals surface area contributed by atoms with Crippen LogP contribution < -0.4 is 10.1 Å². The monoisotopic (exact) mass is 271 g/mol. The average Bonchev–Trinajstić information content (AvgIpc) is 3.17. The molecule has 1 fully saturated rings. The van der Waals surface area contributed by atoms with Gasteiger partial charge in [-0.25, -0.2) is 4.98 Å². The van der Waals surface area contributed by atoms with Gasteiger partial charge in [0.2, 0.25) is 0 Å². The van der Waals surface area contributed by atoms with Gasteiger partial charge < -0.3 is 14.6 Å². The fourth-order valence-electron chi connectivity index (χ4n) is 2.30. The van der Waals surface area contributed by atoms with E-state index in [1.54, 1.807) is 0 Å². The van der Waals surface area contributed by atoms with E-state index in [-0.39, 0.29) is 6.04 Å². The lowest BCUT2D eigenvalue weighted by atomic mass is 10.0. The first kappa shape index (κ1) is 13.2. The van der Waals surface area contributed by atoms with Gasteiger partial charge in [0, 0.05) is 13.2 Å². The number of aryl methyl sites for hydroxylation is 1. The van der Waals surface area contributed by atoms with Crippen LogP contribution >= 0.6 is 0 Å². The highest BCUT2D eigenvalue weighted by molar-refractivity contribution is 5.33. The summed E-state index contributed by atoms with van der Waals surface area (Å²) < 4.78 is 7.77. The Labute approximate surface area is 119 Å². The van der Waals surface area contributed by atoms with E-state index < -0.39 is 0 Å². The molecule has 1 aliphatic carbocycles. The summed E-state index contributed by atoms with van der Waals surface area (Å²) in [6.07, 6.45) is 6.72. The van der Waals surface area contributed by atoms with Crippen LogP contribution in [0.3, 0.4) is 0 Å². The highest BCUT2D eigenvalue weighted by Crippen LogP contribution is 2.28. The van der Waals surface area contributed by atoms with Crippen molar-refractivity contribution in [2.24, 2.45) is 7.05 Å². The largest absolute Gasteiger partial charge is 0.490 e. The summed E-state index contributed by atoms with van der Waals surface area (Å²) in [7, 11) is 1.99. The third-order valence-electron chi connectivity index (χ3n) is 3.47. The van der Waals surface area contributed by atoms with Crippen LogP contribution in [0.4, 0.5) is 0 Å². The summed E-state index contributed by atoms with van der Waals surface area (Å²) in [6, 6.07) is 8.50. The Hall–Kier alpha value is -1.81. The summed E-state index contributed by atoms with van der Waals surface area (Å²) in [5.74, 6) is 0.965. The van der Waals surface area contributed by atoms with Gasteiger partial charge in [0.05, 0.1) is 24.2 Å². The van der Waals surface area contributed by atoms with Gasteiger partial charge in [-0.2, -0.15) is 0 Å². The molecule has 20 heavy (non-hydrogen) atoms. The number of nitrogens with one attached hydrogen (secondary N) is 1. The molecule has 4 nitrogen and oxygen atoms in total. The predicted octanol–water partition coefficient (Wildman–Crippen LogP) is 2.66. The molecule has 1 aromatic heterocycles. The number of nitrogens with zero attached hydrogens (tertiary/aromatic N) is 2. The Morgan fingerprint density at radius 2 is 2.10 bits per heavy atom. The van der Waals surface area contributed by atoms with Crippen LogP contribution in [-0.4, -0.2) is 22.2 Å².